The predicted octanol–water partition coefficient (Wildman–Crippen LogP) is 2.80. The van der Waals surface area contributed by atoms with E-state index < -0.39 is 0 Å². The van der Waals surface area contributed by atoms with E-state index in [4.69, 9.17) is 0 Å². The number of rotatable bonds is 0. The first kappa shape index (κ1) is 7.22. The smallest absolute Gasteiger partial charge is 0.0911 e. The Balaban J connectivity index is 2.65. The first-order valence-electron chi connectivity index (χ1n) is 4.02. The topological polar surface area (TPSA) is 24.7 Å². The lowest BCUT2D eigenvalue weighted by molar-refractivity contribution is 1.38. The monoisotopic (exact) mass is 158 g/mol. The van der Waals surface area contributed by atoms with Crippen molar-refractivity contribution in [3.8, 4) is 0 Å². The molecule has 1 aliphatic rings. The van der Waals surface area contributed by atoms with Gasteiger partial charge in [-0.15, -0.1) is 0 Å². The Kier molecular flexibility index (Phi) is 1.74. The zero-order valence-electron chi connectivity index (χ0n) is 6.99. The molecule has 0 aliphatic carbocycles. The Hall–Kier alpha value is -1.44. The second-order valence-electron chi connectivity index (χ2n) is 2.80. The molecular formula is C10H10N2. The number of hydrogen-bond acceptors (Lipinski definition) is 2. The number of hydrogen-bond donors (Lipinski definition) is 0. The van der Waals surface area contributed by atoms with Gasteiger partial charge in [0.25, 0.3) is 0 Å². The van der Waals surface area contributed by atoms with E-state index in [0.29, 0.717) is 0 Å². The van der Waals surface area contributed by atoms with Crippen molar-refractivity contribution in [2.75, 3.05) is 0 Å². The molecule has 12 heavy (non-hydrogen) atoms. The van der Waals surface area contributed by atoms with Gasteiger partial charge in [-0.25, -0.2) is 0 Å². The number of aliphatic imine (C=N–C) groups is 2. The molecule has 1 aliphatic heterocycles. The molecule has 0 saturated heterocycles. The standard InChI is InChI=1S/C10H10N2/c1-8-4-2-5-9-10(8)12-7-3-6-11-9/h2,4-7H,3H2,1H3. The zero-order chi connectivity index (χ0) is 8.39. The van der Waals surface area contributed by atoms with Gasteiger partial charge in [0.2, 0.25) is 0 Å². The Morgan fingerprint density at radius 2 is 2.00 bits per heavy atom. The summed E-state index contributed by atoms with van der Waals surface area (Å²) in [5.41, 5.74) is 3.16. The van der Waals surface area contributed by atoms with Crippen LogP contribution in [0.2, 0.25) is 0 Å². The largest absolute Gasteiger partial charge is 0.259 e. The van der Waals surface area contributed by atoms with Crippen LogP contribution in [0.5, 0.6) is 0 Å². The highest BCUT2D eigenvalue weighted by Crippen LogP contribution is 2.31. The lowest BCUT2D eigenvalue weighted by Crippen LogP contribution is -1.73. The van der Waals surface area contributed by atoms with E-state index >= 15 is 0 Å². The summed E-state index contributed by atoms with van der Waals surface area (Å²) in [5, 5.41) is 0. The molecule has 0 radical (unpaired) electrons. The normalized spacial score (nSPS) is 14.1. The van der Waals surface area contributed by atoms with Gasteiger partial charge in [0.1, 0.15) is 0 Å². The molecule has 0 amide bonds. The Morgan fingerprint density at radius 3 is 2.92 bits per heavy atom. The maximum atomic E-state index is 4.34. The maximum absolute atomic E-state index is 4.34. The van der Waals surface area contributed by atoms with Gasteiger partial charge in [0.05, 0.1) is 11.4 Å². The Morgan fingerprint density at radius 1 is 1.17 bits per heavy atom. The third-order valence-corrected chi connectivity index (χ3v) is 1.88. The summed E-state index contributed by atoms with van der Waals surface area (Å²) in [4.78, 5) is 8.63. The van der Waals surface area contributed by atoms with Gasteiger partial charge in [-0.05, 0) is 18.6 Å². The van der Waals surface area contributed by atoms with Gasteiger partial charge < -0.3 is 0 Å². The molecule has 0 aromatic heterocycles. The first-order valence-corrected chi connectivity index (χ1v) is 4.02. The number of para-hydroxylation sites is 1. The molecule has 2 nitrogen and oxygen atoms in total. The second kappa shape index (κ2) is 2.89. The van der Waals surface area contributed by atoms with Crippen LogP contribution in [0.15, 0.2) is 28.2 Å². The van der Waals surface area contributed by atoms with Crippen molar-refractivity contribution in [2.24, 2.45) is 9.98 Å². The molecule has 0 spiro atoms. The van der Waals surface area contributed by atoms with Crippen LogP contribution in [0.1, 0.15) is 12.0 Å². The third kappa shape index (κ3) is 1.16. The summed E-state index contributed by atoms with van der Waals surface area (Å²) < 4.78 is 0. The molecule has 0 saturated carbocycles. The molecule has 60 valence electrons. The van der Waals surface area contributed by atoms with E-state index in [0.717, 1.165) is 17.8 Å². The van der Waals surface area contributed by atoms with E-state index in [9.17, 15) is 0 Å². The molecule has 0 fully saturated rings. The minimum Gasteiger partial charge on any atom is -0.259 e. The van der Waals surface area contributed by atoms with Crippen molar-refractivity contribution in [1.82, 2.24) is 0 Å². The van der Waals surface area contributed by atoms with E-state index in [1.807, 2.05) is 24.6 Å². The van der Waals surface area contributed by atoms with Crippen molar-refractivity contribution < 1.29 is 0 Å². The van der Waals surface area contributed by atoms with Gasteiger partial charge in [-0.1, -0.05) is 12.1 Å². The van der Waals surface area contributed by atoms with Crippen LogP contribution < -0.4 is 0 Å². The lowest BCUT2D eigenvalue weighted by atomic mass is 10.2. The minimum absolute atomic E-state index is 0.828. The summed E-state index contributed by atoms with van der Waals surface area (Å²) in [6.07, 6.45) is 4.60. The summed E-state index contributed by atoms with van der Waals surface area (Å²) in [5.74, 6) is 0. The fourth-order valence-electron chi connectivity index (χ4n) is 1.26. The van der Waals surface area contributed by atoms with Crippen LogP contribution in [0, 0.1) is 6.92 Å². The van der Waals surface area contributed by atoms with Crippen LogP contribution >= 0.6 is 0 Å². The molecule has 1 heterocycles. The van der Waals surface area contributed by atoms with Gasteiger partial charge >= 0.3 is 0 Å². The van der Waals surface area contributed by atoms with Gasteiger partial charge in [0, 0.05) is 18.9 Å². The SMILES string of the molecule is Cc1cccc2c1N=CCC=N2. The minimum atomic E-state index is 0.828. The predicted molar refractivity (Wildman–Crippen MR) is 52.1 cm³/mol. The fourth-order valence-corrected chi connectivity index (χ4v) is 1.26. The summed E-state index contributed by atoms with van der Waals surface area (Å²) in [7, 11) is 0. The average Bonchev–Trinajstić information content (AvgIpc) is 2.30. The molecule has 1 aromatic carbocycles. The van der Waals surface area contributed by atoms with E-state index in [1.165, 1.54) is 5.56 Å². The molecule has 2 heteroatoms. The van der Waals surface area contributed by atoms with E-state index in [2.05, 4.69) is 23.0 Å². The van der Waals surface area contributed by atoms with Gasteiger partial charge in [-0.3, -0.25) is 9.98 Å². The van der Waals surface area contributed by atoms with Crippen molar-refractivity contribution in [1.29, 1.82) is 0 Å². The molecule has 0 unspecified atom stereocenters. The fraction of sp³-hybridized carbons (Fsp3) is 0.200. The van der Waals surface area contributed by atoms with E-state index in [1.54, 1.807) is 0 Å². The highest BCUT2D eigenvalue weighted by Gasteiger charge is 2.02. The highest BCUT2D eigenvalue weighted by atomic mass is 14.8. The lowest BCUT2D eigenvalue weighted by Gasteiger charge is -2.01. The molecule has 2 rings (SSSR count). The van der Waals surface area contributed by atoms with Crippen LogP contribution in [0.3, 0.4) is 0 Å². The van der Waals surface area contributed by atoms with Gasteiger partial charge in [-0.2, -0.15) is 0 Å². The van der Waals surface area contributed by atoms with Gasteiger partial charge in [0.15, 0.2) is 0 Å². The Labute approximate surface area is 71.7 Å². The summed E-state index contributed by atoms with van der Waals surface area (Å²) >= 11 is 0. The van der Waals surface area contributed by atoms with E-state index in [-0.39, 0.29) is 0 Å². The third-order valence-electron chi connectivity index (χ3n) is 1.88. The number of benzene rings is 1. The number of nitrogens with zero attached hydrogens (tertiary/aromatic N) is 2. The molecule has 0 N–H and O–H groups in total. The molecule has 1 aromatic rings. The quantitative estimate of drug-likeness (QED) is 0.554. The number of fused-ring (bicyclic) bond motifs is 1. The second-order valence-corrected chi connectivity index (χ2v) is 2.80. The Bertz CT molecular complexity index is 351. The molecule has 0 atom stereocenters. The first-order chi connectivity index (χ1) is 5.88. The zero-order valence-corrected chi connectivity index (χ0v) is 6.99. The van der Waals surface area contributed by atoms with Crippen LogP contribution in [0.4, 0.5) is 11.4 Å². The molecule has 0 bridgehead atoms. The van der Waals surface area contributed by atoms with Crippen molar-refractivity contribution in [3.63, 3.8) is 0 Å². The highest BCUT2D eigenvalue weighted by molar-refractivity contribution is 5.88. The maximum Gasteiger partial charge on any atom is 0.0911 e. The molecular weight excluding hydrogens is 148 g/mol. The van der Waals surface area contributed by atoms with Crippen molar-refractivity contribution in [3.05, 3.63) is 23.8 Å². The summed E-state index contributed by atoms with van der Waals surface area (Å²) in [6, 6.07) is 6.05. The van der Waals surface area contributed by atoms with Crippen molar-refractivity contribution in [2.45, 2.75) is 13.3 Å². The van der Waals surface area contributed by atoms with Crippen LogP contribution in [0.25, 0.3) is 0 Å². The summed E-state index contributed by atoms with van der Waals surface area (Å²) in [6.45, 7) is 2.05. The van der Waals surface area contributed by atoms with Crippen LogP contribution in [-0.2, 0) is 0 Å². The van der Waals surface area contributed by atoms with Crippen LogP contribution in [-0.4, -0.2) is 12.4 Å². The van der Waals surface area contributed by atoms with Crippen molar-refractivity contribution >= 4 is 23.8 Å². The number of aryl methyl sites for hydroxylation is 1. The average molecular weight is 158 g/mol.